The number of hydrogen-bond acceptors (Lipinski definition) is 7. The summed E-state index contributed by atoms with van der Waals surface area (Å²) in [7, 11) is 1.83. The van der Waals surface area contributed by atoms with Crippen LogP contribution in [0.15, 0.2) is 30.3 Å². The highest BCUT2D eigenvalue weighted by molar-refractivity contribution is 6.34. The Morgan fingerprint density at radius 2 is 2.00 bits per heavy atom. The maximum atomic E-state index is 9.23. The number of aromatic nitrogens is 2. The number of nitrogen functional groups attached to an aromatic ring is 1. The zero-order valence-corrected chi connectivity index (χ0v) is 15.5. The Kier molecular flexibility index (Phi) is 4.63. The minimum absolute atomic E-state index is 0.0121. The number of anilines is 2. The van der Waals surface area contributed by atoms with Gasteiger partial charge in [0.05, 0.1) is 28.5 Å². The molecule has 0 aliphatic carbocycles. The van der Waals surface area contributed by atoms with E-state index < -0.39 is 0 Å². The summed E-state index contributed by atoms with van der Waals surface area (Å²) in [5.74, 6) is 1.97. The van der Waals surface area contributed by atoms with Crippen molar-refractivity contribution in [2.75, 3.05) is 37.6 Å². The predicted molar refractivity (Wildman–Crippen MR) is 105 cm³/mol. The monoisotopic (exact) mass is 386 g/mol. The fraction of sp³-hybridized carbons (Fsp3) is 0.263. The number of aliphatic hydroxyl groups is 1. The molecule has 0 saturated carbocycles. The topological polar surface area (TPSA) is 93.7 Å². The largest absolute Gasteiger partial charge is 0.454 e. The number of nitrogens with zero attached hydrogens (tertiary/aromatic N) is 3. The highest BCUT2D eigenvalue weighted by atomic mass is 35.5. The van der Waals surface area contributed by atoms with Crippen molar-refractivity contribution in [2.45, 2.75) is 6.42 Å². The molecule has 2 heterocycles. The number of benzene rings is 2. The molecular formula is C19H19ClN4O3. The number of likely N-dealkylation sites (N-methyl/N-ethyl adjacent to an activating group) is 1. The molecule has 1 aromatic heterocycles. The first kappa shape index (κ1) is 17.6. The summed E-state index contributed by atoms with van der Waals surface area (Å²) in [5, 5.41) is 10.4. The van der Waals surface area contributed by atoms with E-state index in [0.29, 0.717) is 35.1 Å². The molecule has 0 atom stereocenters. The summed E-state index contributed by atoms with van der Waals surface area (Å²) in [6.45, 7) is 0.671. The average Bonchev–Trinajstić information content (AvgIpc) is 3.12. The van der Waals surface area contributed by atoms with E-state index in [1.807, 2.05) is 31.3 Å². The lowest BCUT2D eigenvalue weighted by Crippen LogP contribution is -2.24. The number of nitrogens with two attached hydrogens (primary N) is 1. The summed E-state index contributed by atoms with van der Waals surface area (Å²) in [6.07, 6.45) is 0.528. The van der Waals surface area contributed by atoms with Gasteiger partial charge in [-0.3, -0.25) is 0 Å². The Morgan fingerprint density at radius 1 is 1.19 bits per heavy atom. The van der Waals surface area contributed by atoms with Crippen LogP contribution < -0.4 is 20.1 Å². The SMILES string of the molecule is CN(CCO)c1nc(Cc2ccc3c(c2)OCO3)c2c(N)c(Cl)ccc2n1. The third kappa shape index (κ3) is 3.31. The van der Waals surface area contributed by atoms with Crippen LogP contribution in [0.2, 0.25) is 5.02 Å². The molecule has 3 N–H and O–H groups in total. The number of ether oxygens (including phenoxy) is 2. The van der Waals surface area contributed by atoms with Crippen LogP contribution >= 0.6 is 11.6 Å². The van der Waals surface area contributed by atoms with E-state index in [1.54, 1.807) is 11.0 Å². The van der Waals surface area contributed by atoms with Crippen molar-refractivity contribution < 1.29 is 14.6 Å². The molecule has 27 heavy (non-hydrogen) atoms. The van der Waals surface area contributed by atoms with Crippen molar-refractivity contribution in [2.24, 2.45) is 0 Å². The molecule has 7 nitrogen and oxygen atoms in total. The molecule has 1 aliphatic heterocycles. The van der Waals surface area contributed by atoms with E-state index in [2.05, 4.69) is 4.98 Å². The Hall–Kier alpha value is -2.77. The highest BCUT2D eigenvalue weighted by Crippen LogP contribution is 2.35. The molecule has 0 bridgehead atoms. The van der Waals surface area contributed by atoms with Crippen LogP contribution in [0.25, 0.3) is 10.9 Å². The molecule has 1 aliphatic rings. The van der Waals surface area contributed by atoms with Crippen LogP contribution in [0, 0.1) is 0 Å². The molecular weight excluding hydrogens is 368 g/mol. The van der Waals surface area contributed by atoms with Gasteiger partial charge >= 0.3 is 0 Å². The number of hydrogen-bond donors (Lipinski definition) is 2. The van der Waals surface area contributed by atoms with Crippen LogP contribution in [0.3, 0.4) is 0 Å². The Labute approximate surface area is 161 Å². The van der Waals surface area contributed by atoms with Crippen molar-refractivity contribution in [3.8, 4) is 11.5 Å². The summed E-state index contributed by atoms with van der Waals surface area (Å²) in [6, 6.07) is 9.35. The van der Waals surface area contributed by atoms with E-state index >= 15 is 0 Å². The number of rotatable bonds is 5. The van der Waals surface area contributed by atoms with Crippen molar-refractivity contribution in [1.29, 1.82) is 0 Å². The summed E-state index contributed by atoms with van der Waals surface area (Å²) in [5.41, 5.74) is 9.18. The second kappa shape index (κ2) is 7.09. The van der Waals surface area contributed by atoms with Crippen LogP contribution in [-0.2, 0) is 6.42 Å². The van der Waals surface area contributed by atoms with Crippen molar-refractivity contribution in [3.63, 3.8) is 0 Å². The van der Waals surface area contributed by atoms with E-state index in [9.17, 15) is 5.11 Å². The first-order chi connectivity index (χ1) is 13.1. The fourth-order valence-electron chi connectivity index (χ4n) is 3.08. The molecule has 0 spiro atoms. The second-order valence-corrected chi connectivity index (χ2v) is 6.74. The van der Waals surface area contributed by atoms with Crippen LogP contribution in [0.4, 0.5) is 11.6 Å². The van der Waals surface area contributed by atoms with Crippen LogP contribution in [0.1, 0.15) is 11.3 Å². The van der Waals surface area contributed by atoms with E-state index in [1.165, 1.54) is 0 Å². The summed E-state index contributed by atoms with van der Waals surface area (Å²) >= 11 is 6.23. The lowest BCUT2D eigenvalue weighted by Gasteiger charge is -2.18. The van der Waals surface area contributed by atoms with Gasteiger partial charge in [0.2, 0.25) is 12.7 Å². The molecule has 0 radical (unpaired) electrons. The highest BCUT2D eigenvalue weighted by Gasteiger charge is 2.18. The van der Waals surface area contributed by atoms with Crippen LogP contribution in [0.5, 0.6) is 11.5 Å². The van der Waals surface area contributed by atoms with Gasteiger partial charge in [-0.2, -0.15) is 0 Å². The van der Waals surface area contributed by atoms with Crippen LogP contribution in [-0.4, -0.2) is 42.1 Å². The number of aliphatic hydroxyl groups excluding tert-OH is 1. The first-order valence-electron chi connectivity index (χ1n) is 8.52. The molecule has 0 unspecified atom stereocenters. The van der Waals surface area contributed by atoms with Crippen molar-refractivity contribution in [1.82, 2.24) is 9.97 Å². The third-order valence-corrected chi connectivity index (χ3v) is 4.83. The molecule has 4 rings (SSSR count). The molecule has 0 fully saturated rings. The minimum atomic E-state index is 0.0121. The maximum absolute atomic E-state index is 9.23. The summed E-state index contributed by atoms with van der Waals surface area (Å²) in [4.78, 5) is 11.1. The zero-order chi connectivity index (χ0) is 19.0. The van der Waals surface area contributed by atoms with Gasteiger partial charge in [-0.05, 0) is 29.8 Å². The van der Waals surface area contributed by atoms with Gasteiger partial charge in [0.15, 0.2) is 11.5 Å². The van der Waals surface area contributed by atoms with Gasteiger partial charge in [-0.25, -0.2) is 9.97 Å². The van der Waals surface area contributed by atoms with Gasteiger partial charge < -0.3 is 25.2 Å². The Balaban J connectivity index is 1.82. The van der Waals surface area contributed by atoms with Gasteiger partial charge in [0, 0.05) is 25.4 Å². The van der Waals surface area contributed by atoms with Crippen molar-refractivity contribution >= 4 is 34.1 Å². The zero-order valence-electron chi connectivity index (χ0n) is 14.8. The van der Waals surface area contributed by atoms with Gasteiger partial charge in [-0.1, -0.05) is 17.7 Å². The minimum Gasteiger partial charge on any atom is -0.454 e. The molecule has 0 amide bonds. The predicted octanol–water partition coefficient (Wildman–Crippen LogP) is 2.61. The molecule has 0 saturated heterocycles. The molecule has 2 aromatic carbocycles. The standard InChI is InChI=1S/C19H19ClN4O3/c1-24(6-7-25)19-22-13-4-3-12(20)18(21)17(13)14(23-19)8-11-2-5-15-16(9-11)27-10-26-15/h2-5,9,25H,6-8,10,21H2,1H3. The quantitative estimate of drug-likeness (QED) is 0.651. The third-order valence-electron chi connectivity index (χ3n) is 4.50. The molecule has 140 valence electrons. The van der Waals surface area contributed by atoms with E-state index in [0.717, 1.165) is 28.1 Å². The Morgan fingerprint density at radius 3 is 2.81 bits per heavy atom. The van der Waals surface area contributed by atoms with E-state index in [4.69, 9.17) is 31.8 Å². The van der Waals surface area contributed by atoms with Gasteiger partial charge in [0.1, 0.15) is 0 Å². The number of halogens is 1. The molecule has 3 aromatic rings. The Bertz CT molecular complexity index is 1010. The summed E-state index contributed by atoms with van der Waals surface area (Å²) < 4.78 is 10.8. The smallest absolute Gasteiger partial charge is 0.231 e. The lowest BCUT2D eigenvalue weighted by molar-refractivity contribution is 0.174. The maximum Gasteiger partial charge on any atom is 0.231 e. The average molecular weight is 387 g/mol. The van der Waals surface area contributed by atoms with E-state index in [-0.39, 0.29) is 13.4 Å². The normalized spacial score (nSPS) is 12.6. The van der Waals surface area contributed by atoms with Crippen molar-refractivity contribution in [3.05, 3.63) is 46.6 Å². The van der Waals surface area contributed by atoms with Gasteiger partial charge in [-0.15, -0.1) is 0 Å². The second-order valence-electron chi connectivity index (χ2n) is 6.34. The first-order valence-corrected chi connectivity index (χ1v) is 8.89. The van der Waals surface area contributed by atoms with Gasteiger partial charge in [0.25, 0.3) is 0 Å². The fourth-order valence-corrected chi connectivity index (χ4v) is 3.24. The molecule has 8 heteroatoms. The number of fused-ring (bicyclic) bond motifs is 2. The lowest BCUT2D eigenvalue weighted by atomic mass is 10.0.